The normalized spacial score (nSPS) is 19.6. The summed E-state index contributed by atoms with van der Waals surface area (Å²) >= 11 is 0. The zero-order chi connectivity index (χ0) is 25.8. The number of aryl methyl sites for hydroxylation is 1. The molecule has 1 saturated carbocycles. The van der Waals surface area contributed by atoms with E-state index in [1.165, 1.54) is 11.0 Å². The number of primary amides is 1. The Balaban J connectivity index is 1.73. The van der Waals surface area contributed by atoms with Crippen molar-refractivity contribution in [3.63, 3.8) is 0 Å². The molecule has 2 unspecified atom stereocenters. The summed E-state index contributed by atoms with van der Waals surface area (Å²) in [6.07, 6.45) is -2.93. The van der Waals surface area contributed by atoms with Crippen LogP contribution < -0.4 is 10.5 Å². The molecule has 36 heavy (non-hydrogen) atoms. The van der Waals surface area contributed by atoms with E-state index in [-0.39, 0.29) is 16.7 Å². The van der Waals surface area contributed by atoms with Crippen LogP contribution in [0.25, 0.3) is 33.5 Å². The van der Waals surface area contributed by atoms with Crippen LogP contribution in [0.3, 0.4) is 0 Å². The lowest BCUT2D eigenvalue weighted by Gasteiger charge is -2.19. The lowest BCUT2D eigenvalue weighted by Crippen LogP contribution is -2.39. The van der Waals surface area contributed by atoms with Gasteiger partial charge in [-0.15, -0.1) is 0 Å². The van der Waals surface area contributed by atoms with Crippen molar-refractivity contribution < 1.29 is 31.5 Å². The number of carbonyl (C=O) groups excluding carboxylic acids is 1. The maximum Gasteiger partial charge on any atom is 0.403 e. The molecule has 1 aromatic carbocycles. The minimum absolute atomic E-state index is 0.0340. The van der Waals surface area contributed by atoms with Crippen LogP contribution >= 0.6 is 0 Å². The van der Waals surface area contributed by atoms with E-state index in [4.69, 9.17) is 5.73 Å². The standard InChI is InChI=1S/C23H17F5N6O2/c1-34-9-12(16(33-34)11-5-3-2-4-6-11)17-19-14(30-10-31-17)7-15(36-21(24)25)18(32-19)13-8-22(13,20(29)35)23(26,27)28/h2-7,9-10,13,21H,8H2,1H3,(H2,29,35). The first-order valence-electron chi connectivity index (χ1n) is 10.6. The predicted molar refractivity (Wildman–Crippen MR) is 117 cm³/mol. The smallest absolute Gasteiger partial charge is 0.403 e. The molecule has 186 valence electrons. The summed E-state index contributed by atoms with van der Waals surface area (Å²) in [7, 11) is 1.68. The number of rotatable bonds is 6. The van der Waals surface area contributed by atoms with Crippen LogP contribution in [0.4, 0.5) is 22.0 Å². The summed E-state index contributed by atoms with van der Waals surface area (Å²) in [4.78, 5) is 24.5. The number of nitrogens with zero attached hydrogens (tertiary/aromatic N) is 5. The van der Waals surface area contributed by atoms with Crippen LogP contribution in [0.5, 0.6) is 5.75 Å². The maximum atomic E-state index is 13.8. The van der Waals surface area contributed by atoms with E-state index in [9.17, 15) is 26.7 Å². The van der Waals surface area contributed by atoms with Gasteiger partial charge in [-0.1, -0.05) is 30.3 Å². The number of halogens is 5. The molecule has 0 spiro atoms. The van der Waals surface area contributed by atoms with Crippen molar-refractivity contribution in [1.29, 1.82) is 0 Å². The van der Waals surface area contributed by atoms with Crippen molar-refractivity contribution >= 4 is 16.9 Å². The molecular formula is C23H17F5N6O2. The van der Waals surface area contributed by atoms with Gasteiger partial charge >= 0.3 is 12.8 Å². The summed E-state index contributed by atoms with van der Waals surface area (Å²) in [5.41, 5.74) is 3.75. The monoisotopic (exact) mass is 504 g/mol. The number of carbonyl (C=O) groups is 1. The van der Waals surface area contributed by atoms with Crippen molar-refractivity contribution in [3.8, 4) is 28.3 Å². The summed E-state index contributed by atoms with van der Waals surface area (Å²) < 4.78 is 73.8. The van der Waals surface area contributed by atoms with Gasteiger partial charge in [-0.2, -0.15) is 27.1 Å². The van der Waals surface area contributed by atoms with Gasteiger partial charge in [-0.25, -0.2) is 15.0 Å². The van der Waals surface area contributed by atoms with E-state index in [2.05, 4.69) is 24.8 Å². The molecule has 0 bridgehead atoms. The van der Waals surface area contributed by atoms with Gasteiger partial charge in [-0.3, -0.25) is 9.48 Å². The number of amides is 1. The Morgan fingerprint density at radius 2 is 1.92 bits per heavy atom. The zero-order valence-electron chi connectivity index (χ0n) is 18.5. The first kappa shape index (κ1) is 23.6. The fourth-order valence-electron chi connectivity index (χ4n) is 4.41. The quantitative estimate of drug-likeness (QED) is 0.394. The number of nitrogens with two attached hydrogens (primary N) is 1. The second-order valence-corrected chi connectivity index (χ2v) is 8.36. The van der Waals surface area contributed by atoms with E-state index in [0.717, 1.165) is 11.6 Å². The van der Waals surface area contributed by atoms with E-state index >= 15 is 0 Å². The number of pyridine rings is 1. The van der Waals surface area contributed by atoms with E-state index in [1.54, 1.807) is 13.2 Å². The Bertz CT molecular complexity index is 1470. The van der Waals surface area contributed by atoms with Gasteiger partial charge in [-0.05, 0) is 6.42 Å². The highest BCUT2D eigenvalue weighted by Crippen LogP contribution is 2.68. The number of aromatic nitrogens is 5. The van der Waals surface area contributed by atoms with Crippen LogP contribution in [-0.4, -0.2) is 43.4 Å². The van der Waals surface area contributed by atoms with Crippen molar-refractivity contribution in [3.05, 3.63) is 54.6 Å². The Labute approximate surface area is 199 Å². The van der Waals surface area contributed by atoms with Gasteiger partial charge in [0.2, 0.25) is 5.91 Å². The third-order valence-electron chi connectivity index (χ3n) is 6.19. The SMILES string of the molecule is Cn1cc(-c2ncnc3cc(OC(F)F)c(C4CC4(C(N)=O)C(F)(F)F)nc23)c(-c2ccccc2)n1. The van der Waals surface area contributed by atoms with Crippen molar-refractivity contribution in [1.82, 2.24) is 24.7 Å². The second kappa shape index (κ2) is 8.21. The van der Waals surface area contributed by atoms with Crippen LogP contribution in [0.2, 0.25) is 0 Å². The molecule has 3 aromatic heterocycles. The molecule has 0 saturated heterocycles. The Kier molecular flexibility index (Phi) is 5.38. The Morgan fingerprint density at radius 3 is 2.53 bits per heavy atom. The summed E-state index contributed by atoms with van der Waals surface area (Å²) in [6, 6.07) is 10.1. The topological polar surface area (TPSA) is 109 Å². The Hall–Kier alpha value is -4.16. The molecule has 1 fully saturated rings. The molecule has 1 aliphatic rings. The molecular weight excluding hydrogens is 487 g/mol. The summed E-state index contributed by atoms with van der Waals surface area (Å²) in [5, 5.41) is 4.46. The minimum Gasteiger partial charge on any atom is -0.433 e. The van der Waals surface area contributed by atoms with Crippen LogP contribution in [0, 0.1) is 5.41 Å². The van der Waals surface area contributed by atoms with Gasteiger partial charge in [0.25, 0.3) is 0 Å². The van der Waals surface area contributed by atoms with Crippen molar-refractivity contribution in [2.45, 2.75) is 25.1 Å². The fourth-order valence-corrected chi connectivity index (χ4v) is 4.41. The van der Waals surface area contributed by atoms with Crippen molar-refractivity contribution in [2.24, 2.45) is 18.2 Å². The van der Waals surface area contributed by atoms with E-state index in [0.29, 0.717) is 11.3 Å². The second-order valence-electron chi connectivity index (χ2n) is 8.36. The average Bonchev–Trinajstić information content (AvgIpc) is 3.48. The highest BCUT2D eigenvalue weighted by atomic mass is 19.4. The molecule has 1 amide bonds. The third kappa shape index (κ3) is 3.71. The molecule has 0 radical (unpaired) electrons. The molecule has 4 aromatic rings. The molecule has 0 aliphatic heterocycles. The molecule has 8 nitrogen and oxygen atoms in total. The Morgan fingerprint density at radius 1 is 1.19 bits per heavy atom. The van der Waals surface area contributed by atoms with Crippen LogP contribution in [0.15, 0.2) is 48.9 Å². The number of fused-ring (bicyclic) bond motifs is 1. The zero-order valence-corrected chi connectivity index (χ0v) is 18.5. The number of hydrogen-bond acceptors (Lipinski definition) is 6. The minimum atomic E-state index is -5.01. The molecule has 3 heterocycles. The number of benzene rings is 1. The maximum absolute atomic E-state index is 13.8. The average molecular weight is 504 g/mol. The van der Waals surface area contributed by atoms with Gasteiger partial charge in [0.15, 0.2) is 5.41 Å². The highest BCUT2D eigenvalue weighted by molar-refractivity contribution is 5.94. The third-order valence-corrected chi connectivity index (χ3v) is 6.19. The highest BCUT2D eigenvalue weighted by Gasteiger charge is 2.76. The molecule has 1 aliphatic carbocycles. The van der Waals surface area contributed by atoms with Crippen LogP contribution in [0.1, 0.15) is 18.0 Å². The first-order valence-corrected chi connectivity index (χ1v) is 10.6. The fraction of sp³-hybridized carbons (Fsp3) is 0.261. The molecule has 2 atom stereocenters. The molecule has 13 heteroatoms. The van der Waals surface area contributed by atoms with E-state index in [1.807, 2.05) is 30.3 Å². The van der Waals surface area contributed by atoms with Gasteiger partial charge in [0.1, 0.15) is 29.0 Å². The predicted octanol–water partition coefficient (Wildman–Crippen LogP) is 4.22. The molecule has 5 rings (SSSR count). The lowest BCUT2D eigenvalue weighted by atomic mass is 9.99. The van der Waals surface area contributed by atoms with Gasteiger partial charge < -0.3 is 10.5 Å². The number of alkyl halides is 5. The largest absolute Gasteiger partial charge is 0.433 e. The summed E-state index contributed by atoms with van der Waals surface area (Å²) in [5.74, 6) is -3.84. The van der Waals surface area contributed by atoms with Gasteiger partial charge in [0.05, 0.1) is 11.2 Å². The molecule has 2 N–H and O–H groups in total. The summed E-state index contributed by atoms with van der Waals surface area (Å²) in [6.45, 7) is -3.35. The van der Waals surface area contributed by atoms with Crippen molar-refractivity contribution in [2.75, 3.05) is 0 Å². The first-order chi connectivity index (χ1) is 17.0. The number of ether oxygens (including phenoxy) is 1. The number of hydrogen-bond donors (Lipinski definition) is 1. The van der Waals surface area contributed by atoms with E-state index < -0.39 is 47.9 Å². The van der Waals surface area contributed by atoms with Crippen LogP contribution in [-0.2, 0) is 11.8 Å². The lowest BCUT2D eigenvalue weighted by molar-refractivity contribution is -0.192. The van der Waals surface area contributed by atoms with Gasteiger partial charge in [0, 0.05) is 36.4 Å².